The zero-order valence-corrected chi connectivity index (χ0v) is 11.8. The van der Waals surface area contributed by atoms with Gasteiger partial charge >= 0.3 is 5.97 Å². The molecule has 1 aliphatic heterocycles. The molecule has 0 aromatic heterocycles. The summed E-state index contributed by atoms with van der Waals surface area (Å²) in [4.78, 5) is 22.2. The van der Waals surface area contributed by atoms with Crippen LogP contribution in [-0.4, -0.2) is 36.7 Å². The van der Waals surface area contributed by atoms with Crippen molar-refractivity contribution in [2.24, 2.45) is 5.92 Å². The standard InChI is InChI=1S/C15H20N2O4/c18-14(6-1-11-7-8-16-9-11)17-12-2-4-13(5-3-12)21-10-15(19)20/h2-5,11,16H,1,6-10H2,(H,17,18)(H,19,20). The summed E-state index contributed by atoms with van der Waals surface area (Å²) in [6.07, 6.45) is 2.56. The molecule has 114 valence electrons. The van der Waals surface area contributed by atoms with Crippen LogP contribution in [0.25, 0.3) is 0 Å². The topological polar surface area (TPSA) is 87.7 Å². The molecule has 0 aliphatic carbocycles. The number of carboxylic acid groups (broad SMARTS) is 1. The molecule has 1 aliphatic rings. The van der Waals surface area contributed by atoms with Crippen LogP contribution in [0.3, 0.4) is 0 Å². The van der Waals surface area contributed by atoms with Gasteiger partial charge in [-0.1, -0.05) is 0 Å². The number of anilines is 1. The van der Waals surface area contributed by atoms with Crippen molar-refractivity contribution in [1.29, 1.82) is 0 Å². The number of nitrogens with one attached hydrogen (secondary N) is 2. The summed E-state index contributed by atoms with van der Waals surface area (Å²) >= 11 is 0. The average Bonchev–Trinajstić information content (AvgIpc) is 2.98. The summed E-state index contributed by atoms with van der Waals surface area (Å²) in [6.45, 7) is 1.67. The van der Waals surface area contributed by atoms with Crippen molar-refractivity contribution in [3.05, 3.63) is 24.3 Å². The van der Waals surface area contributed by atoms with E-state index in [4.69, 9.17) is 9.84 Å². The fourth-order valence-corrected chi connectivity index (χ4v) is 2.30. The van der Waals surface area contributed by atoms with Crippen LogP contribution in [0.1, 0.15) is 19.3 Å². The van der Waals surface area contributed by atoms with E-state index in [1.165, 1.54) is 0 Å². The minimum Gasteiger partial charge on any atom is -0.482 e. The first kappa shape index (κ1) is 15.3. The van der Waals surface area contributed by atoms with Gasteiger partial charge in [0.15, 0.2) is 6.61 Å². The Balaban J connectivity index is 1.73. The van der Waals surface area contributed by atoms with Crippen molar-refractivity contribution < 1.29 is 19.4 Å². The fraction of sp³-hybridized carbons (Fsp3) is 0.467. The molecule has 0 spiro atoms. The second kappa shape index (κ2) is 7.64. The quantitative estimate of drug-likeness (QED) is 0.708. The van der Waals surface area contributed by atoms with Crippen molar-refractivity contribution >= 4 is 17.6 Å². The van der Waals surface area contributed by atoms with Crippen molar-refractivity contribution in [2.75, 3.05) is 25.0 Å². The van der Waals surface area contributed by atoms with Gasteiger partial charge in [0.1, 0.15) is 5.75 Å². The van der Waals surface area contributed by atoms with Gasteiger partial charge in [0, 0.05) is 12.1 Å². The maximum atomic E-state index is 11.8. The van der Waals surface area contributed by atoms with Crippen molar-refractivity contribution in [3.8, 4) is 5.75 Å². The van der Waals surface area contributed by atoms with Crippen molar-refractivity contribution in [1.82, 2.24) is 5.32 Å². The van der Waals surface area contributed by atoms with E-state index in [0.29, 0.717) is 23.8 Å². The first-order valence-electron chi connectivity index (χ1n) is 7.08. The van der Waals surface area contributed by atoms with Gasteiger partial charge < -0.3 is 20.5 Å². The van der Waals surface area contributed by atoms with Gasteiger partial charge in [-0.25, -0.2) is 4.79 Å². The molecular formula is C15H20N2O4. The van der Waals surface area contributed by atoms with E-state index in [1.54, 1.807) is 24.3 Å². The van der Waals surface area contributed by atoms with Gasteiger partial charge in [0.05, 0.1) is 0 Å². The fourth-order valence-electron chi connectivity index (χ4n) is 2.30. The predicted octanol–water partition coefficient (Wildman–Crippen LogP) is 1.48. The number of carboxylic acids is 1. The normalized spacial score (nSPS) is 17.4. The molecule has 1 unspecified atom stereocenters. The number of hydrogen-bond donors (Lipinski definition) is 3. The van der Waals surface area contributed by atoms with Gasteiger partial charge in [-0.05, 0) is 56.1 Å². The largest absolute Gasteiger partial charge is 0.482 e. The molecule has 0 bridgehead atoms. The second-order valence-electron chi connectivity index (χ2n) is 5.15. The molecule has 0 radical (unpaired) electrons. The summed E-state index contributed by atoms with van der Waals surface area (Å²) < 4.78 is 5.02. The maximum Gasteiger partial charge on any atom is 0.341 e. The number of carbonyl (C=O) groups excluding carboxylic acids is 1. The Hall–Kier alpha value is -2.08. The molecule has 6 nitrogen and oxygen atoms in total. The molecule has 21 heavy (non-hydrogen) atoms. The third-order valence-electron chi connectivity index (χ3n) is 3.44. The number of carbonyl (C=O) groups is 2. The molecule has 0 saturated carbocycles. The molecule has 6 heteroatoms. The maximum absolute atomic E-state index is 11.8. The van der Waals surface area contributed by atoms with E-state index < -0.39 is 5.97 Å². The number of ether oxygens (including phenoxy) is 1. The van der Waals surface area contributed by atoms with Gasteiger partial charge in [0.2, 0.25) is 5.91 Å². The summed E-state index contributed by atoms with van der Waals surface area (Å²) in [6, 6.07) is 6.68. The van der Waals surface area contributed by atoms with Gasteiger partial charge in [-0.3, -0.25) is 4.79 Å². The Bertz CT molecular complexity index is 481. The third kappa shape index (κ3) is 5.43. The summed E-state index contributed by atoms with van der Waals surface area (Å²) in [5.74, 6) is 0.0462. The van der Waals surface area contributed by atoms with E-state index in [2.05, 4.69) is 10.6 Å². The minimum atomic E-state index is -1.02. The molecule has 1 saturated heterocycles. The van der Waals surface area contributed by atoms with E-state index in [-0.39, 0.29) is 12.5 Å². The van der Waals surface area contributed by atoms with Crippen LogP contribution in [0.5, 0.6) is 5.75 Å². The smallest absolute Gasteiger partial charge is 0.341 e. The Morgan fingerprint density at radius 2 is 2.10 bits per heavy atom. The van der Waals surface area contributed by atoms with Crippen LogP contribution in [0.4, 0.5) is 5.69 Å². The summed E-state index contributed by atoms with van der Waals surface area (Å²) in [5.41, 5.74) is 0.687. The first-order chi connectivity index (χ1) is 10.1. The van der Waals surface area contributed by atoms with E-state index in [0.717, 1.165) is 25.9 Å². The second-order valence-corrected chi connectivity index (χ2v) is 5.15. The zero-order chi connectivity index (χ0) is 15.1. The van der Waals surface area contributed by atoms with E-state index >= 15 is 0 Å². The Kier molecular flexibility index (Phi) is 5.57. The number of amides is 1. The van der Waals surface area contributed by atoms with Crippen LogP contribution in [0.2, 0.25) is 0 Å². The number of hydrogen-bond acceptors (Lipinski definition) is 4. The number of aliphatic carboxylic acids is 1. The Morgan fingerprint density at radius 1 is 1.33 bits per heavy atom. The lowest BCUT2D eigenvalue weighted by atomic mass is 10.0. The molecule has 1 aromatic rings. The van der Waals surface area contributed by atoms with E-state index in [1.807, 2.05) is 0 Å². The molecule has 3 N–H and O–H groups in total. The highest BCUT2D eigenvalue weighted by atomic mass is 16.5. The van der Waals surface area contributed by atoms with Crippen LogP contribution < -0.4 is 15.4 Å². The van der Waals surface area contributed by atoms with Gasteiger partial charge in [0.25, 0.3) is 0 Å². The molecule has 1 heterocycles. The molecule has 1 atom stereocenters. The van der Waals surface area contributed by atoms with Crippen molar-refractivity contribution in [2.45, 2.75) is 19.3 Å². The van der Waals surface area contributed by atoms with Crippen LogP contribution in [0, 0.1) is 5.92 Å². The highest BCUT2D eigenvalue weighted by molar-refractivity contribution is 5.90. The lowest BCUT2D eigenvalue weighted by Crippen LogP contribution is -2.15. The lowest BCUT2D eigenvalue weighted by Gasteiger charge is -2.09. The Morgan fingerprint density at radius 3 is 2.71 bits per heavy atom. The molecular weight excluding hydrogens is 272 g/mol. The zero-order valence-electron chi connectivity index (χ0n) is 11.8. The molecule has 1 aromatic carbocycles. The average molecular weight is 292 g/mol. The predicted molar refractivity (Wildman–Crippen MR) is 78.4 cm³/mol. The van der Waals surface area contributed by atoms with Crippen LogP contribution in [-0.2, 0) is 9.59 Å². The van der Waals surface area contributed by atoms with Gasteiger partial charge in [-0.2, -0.15) is 0 Å². The lowest BCUT2D eigenvalue weighted by molar-refractivity contribution is -0.139. The number of rotatable bonds is 7. The summed E-state index contributed by atoms with van der Waals surface area (Å²) in [7, 11) is 0. The van der Waals surface area contributed by atoms with E-state index in [9.17, 15) is 9.59 Å². The third-order valence-corrected chi connectivity index (χ3v) is 3.44. The first-order valence-corrected chi connectivity index (χ1v) is 7.08. The highest BCUT2D eigenvalue weighted by Gasteiger charge is 2.15. The number of benzene rings is 1. The van der Waals surface area contributed by atoms with Crippen LogP contribution in [0.15, 0.2) is 24.3 Å². The molecule has 1 fully saturated rings. The Labute approximate surface area is 123 Å². The molecule has 1 amide bonds. The summed E-state index contributed by atoms with van der Waals surface area (Å²) in [5, 5.41) is 14.6. The monoisotopic (exact) mass is 292 g/mol. The van der Waals surface area contributed by atoms with Crippen molar-refractivity contribution in [3.63, 3.8) is 0 Å². The van der Waals surface area contributed by atoms with Crippen LogP contribution >= 0.6 is 0 Å². The SMILES string of the molecule is O=C(O)COc1ccc(NC(=O)CCC2CCNC2)cc1. The van der Waals surface area contributed by atoms with Gasteiger partial charge in [-0.15, -0.1) is 0 Å². The molecule has 2 rings (SSSR count). The highest BCUT2D eigenvalue weighted by Crippen LogP contribution is 2.17. The minimum absolute atomic E-state index is 0.00102.